The van der Waals surface area contributed by atoms with Gasteiger partial charge in [-0.2, -0.15) is 0 Å². The third kappa shape index (κ3) is 1.98. The molecule has 0 radical (unpaired) electrons. The van der Waals surface area contributed by atoms with Crippen LogP contribution in [0.1, 0.15) is 10.4 Å². The highest BCUT2D eigenvalue weighted by molar-refractivity contribution is 6.60. The van der Waals surface area contributed by atoms with E-state index in [4.69, 9.17) is 15.2 Å². The van der Waals surface area contributed by atoms with E-state index in [1.165, 1.54) is 0 Å². The Hall–Kier alpha value is -2.07. The molecular weight excluding hydrogens is 291 g/mol. The van der Waals surface area contributed by atoms with Gasteiger partial charge in [0.25, 0.3) is 11.9 Å². The molecule has 3 unspecified atom stereocenters. The maximum Gasteiger partial charge on any atom is 1.13 e. The smallest absolute Gasteiger partial charge is 0.708 e. The Morgan fingerprint density at radius 1 is 0.952 bits per heavy atom. The topological polar surface area (TPSA) is 71.1 Å². The van der Waals surface area contributed by atoms with Crippen LogP contribution in [-0.2, 0) is 16.2 Å². The van der Waals surface area contributed by atoms with Crippen LogP contribution in [0, 0.1) is 5.92 Å². The van der Waals surface area contributed by atoms with Gasteiger partial charge in [0.05, 0.1) is 17.2 Å². The van der Waals surface area contributed by atoms with Crippen LogP contribution in [-0.4, -0.2) is 32.5 Å². The Kier molecular flexibility index (Phi) is 2.69. The predicted octanol–water partition coefficient (Wildman–Crippen LogP) is 1.36. The first-order chi connectivity index (χ1) is 10.2. The summed E-state index contributed by atoms with van der Waals surface area (Å²) in [4.78, 5) is 24.2. The van der Waals surface area contributed by atoms with Crippen molar-refractivity contribution in [2.75, 3.05) is 0 Å². The number of rotatable bonds is 0. The standard InChI is InChI=1S/C7H7O3.C7H6O3.Al/c2*8-6-4-2-1-3-5(6)7(9)10;/h1-6H,(H,9,10);1-4,8H,(H,9,10);/q-1;;+3/p-3. The van der Waals surface area contributed by atoms with E-state index < -0.39 is 38.4 Å². The fourth-order valence-electron chi connectivity index (χ4n) is 2.59. The minimum atomic E-state index is -4.18. The molecule has 1 fully saturated rings. The summed E-state index contributed by atoms with van der Waals surface area (Å²) in [6.07, 6.45) is 6.41. The van der Waals surface area contributed by atoms with Gasteiger partial charge in [0, 0.05) is 6.10 Å². The molecule has 4 rings (SSSR count). The fraction of sp³-hybridized carbons (Fsp3) is 0.143. The minimum Gasteiger partial charge on any atom is -0.708 e. The van der Waals surface area contributed by atoms with Gasteiger partial charge in [0.15, 0.2) is 0 Å². The van der Waals surface area contributed by atoms with E-state index in [0.717, 1.165) is 0 Å². The lowest BCUT2D eigenvalue weighted by atomic mass is 9.98. The maximum absolute atomic E-state index is 12.1. The number of hydrogen-bond acceptors (Lipinski definition) is 6. The molecule has 106 valence electrons. The Bertz CT molecular complexity index is 696. The Morgan fingerprint density at radius 3 is 2.67 bits per heavy atom. The number of para-hydroxylation sites is 1. The lowest BCUT2D eigenvalue weighted by molar-refractivity contribution is -0.157. The van der Waals surface area contributed by atoms with Crippen LogP contribution in [0.5, 0.6) is 5.75 Å². The summed E-state index contributed by atoms with van der Waals surface area (Å²) in [5.74, 6) is -1.30. The molecule has 2 heterocycles. The van der Waals surface area contributed by atoms with Gasteiger partial charge in [-0.1, -0.05) is 36.4 Å². The Balaban J connectivity index is 1.70. The van der Waals surface area contributed by atoms with E-state index in [9.17, 15) is 9.59 Å². The highest BCUT2D eigenvalue weighted by Crippen LogP contribution is 2.36. The summed E-state index contributed by atoms with van der Waals surface area (Å²) in [6.45, 7) is 0. The molecule has 21 heavy (non-hydrogen) atoms. The summed E-state index contributed by atoms with van der Waals surface area (Å²) >= 11 is -4.18. The van der Waals surface area contributed by atoms with Gasteiger partial charge in [-0.15, -0.1) is 0 Å². The van der Waals surface area contributed by atoms with E-state index in [1.807, 2.05) is 0 Å². The van der Waals surface area contributed by atoms with Gasteiger partial charge in [0.1, 0.15) is 0 Å². The van der Waals surface area contributed by atoms with Crippen LogP contribution in [0.15, 0.2) is 48.6 Å². The molecule has 3 atom stereocenters. The highest BCUT2D eigenvalue weighted by atomic mass is 27.3. The molecule has 1 spiro atoms. The molecule has 2 aliphatic heterocycles. The van der Waals surface area contributed by atoms with Crippen molar-refractivity contribution < 1.29 is 24.7 Å². The molecule has 1 saturated heterocycles. The van der Waals surface area contributed by atoms with Crippen LogP contribution in [0.3, 0.4) is 0 Å². The van der Waals surface area contributed by atoms with Crippen molar-refractivity contribution in [1.29, 1.82) is 0 Å². The van der Waals surface area contributed by atoms with E-state index in [-0.39, 0.29) is 0 Å². The lowest BCUT2D eigenvalue weighted by Crippen LogP contribution is -2.63. The van der Waals surface area contributed by atoms with Crippen molar-refractivity contribution in [2.45, 2.75) is 6.10 Å². The van der Waals surface area contributed by atoms with Crippen molar-refractivity contribution in [3.8, 4) is 5.75 Å². The number of hydrogen-bond donors (Lipinski definition) is 0. The summed E-state index contributed by atoms with van der Waals surface area (Å²) in [5, 5.41) is 0. The molecule has 3 aliphatic rings. The Morgan fingerprint density at radius 2 is 1.76 bits per heavy atom. The largest absolute Gasteiger partial charge is 1.13 e. The highest BCUT2D eigenvalue weighted by Gasteiger charge is 2.67. The van der Waals surface area contributed by atoms with Gasteiger partial charge in [-0.25, -0.2) is 0 Å². The third-order valence-corrected chi connectivity index (χ3v) is 5.78. The van der Waals surface area contributed by atoms with Crippen molar-refractivity contribution in [1.82, 2.24) is 0 Å². The monoisotopic (exact) mass is 301 g/mol. The molecule has 0 bridgehead atoms. The third-order valence-electron chi connectivity index (χ3n) is 3.57. The molecule has 6 nitrogen and oxygen atoms in total. The number of carbonyl (C=O) groups excluding carboxylic acids is 2. The van der Waals surface area contributed by atoms with Crippen molar-refractivity contribution in [3.05, 3.63) is 54.1 Å². The molecule has 0 aromatic heterocycles. The number of carbonyl (C=O) groups is 2. The minimum absolute atomic E-state index is 0.295. The molecule has 1 aliphatic carbocycles. The van der Waals surface area contributed by atoms with Crippen LogP contribution in [0.25, 0.3) is 0 Å². The first kappa shape index (κ1) is 12.7. The fourth-order valence-corrected chi connectivity index (χ4v) is 4.89. The van der Waals surface area contributed by atoms with Crippen LogP contribution in [0.4, 0.5) is 0 Å². The first-order valence-electron chi connectivity index (χ1n) is 6.57. The molecule has 1 aromatic rings. The van der Waals surface area contributed by atoms with Gasteiger partial charge >= 0.3 is 14.4 Å². The zero-order chi connectivity index (χ0) is 14.4. The molecule has 1 aromatic carbocycles. The van der Waals surface area contributed by atoms with E-state index in [0.29, 0.717) is 11.3 Å². The summed E-state index contributed by atoms with van der Waals surface area (Å²) in [5.41, 5.74) is 0.295. The van der Waals surface area contributed by atoms with Crippen molar-refractivity contribution in [2.24, 2.45) is 5.92 Å². The van der Waals surface area contributed by atoms with Crippen LogP contribution in [0.2, 0.25) is 0 Å². The average molecular weight is 301 g/mol. The molecule has 0 N–H and O–H groups in total. The number of allylic oxidation sites excluding steroid dienone is 2. The van der Waals surface area contributed by atoms with Gasteiger partial charge in [-0.3, -0.25) is 9.59 Å². The first-order valence-corrected chi connectivity index (χ1v) is 8.45. The van der Waals surface area contributed by atoms with Gasteiger partial charge in [0.2, 0.25) is 0 Å². The van der Waals surface area contributed by atoms with Crippen molar-refractivity contribution >= 4 is 26.4 Å². The normalized spacial score (nSPS) is 32.8. The summed E-state index contributed by atoms with van der Waals surface area (Å²) in [6, 6.07) is 6.63. The van der Waals surface area contributed by atoms with Crippen LogP contribution < -0.4 is 3.79 Å². The second-order valence-electron chi connectivity index (χ2n) is 4.93. The van der Waals surface area contributed by atoms with Gasteiger partial charge in [-0.05, 0) is 12.1 Å². The zero-order valence-corrected chi connectivity index (χ0v) is 12.0. The maximum atomic E-state index is 12.1. The predicted molar refractivity (Wildman–Crippen MR) is 71.0 cm³/mol. The van der Waals surface area contributed by atoms with Crippen LogP contribution >= 0.6 is 0 Å². The SMILES string of the molecule is O=C1[O][Al-]2([O]C(=O)C3C=CC=CC3[O]2)[O]c2ccccc21. The zero-order valence-electron chi connectivity index (χ0n) is 10.8. The van der Waals surface area contributed by atoms with E-state index >= 15 is 0 Å². The second kappa shape index (κ2) is 4.47. The van der Waals surface area contributed by atoms with E-state index in [2.05, 4.69) is 0 Å². The summed E-state index contributed by atoms with van der Waals surface area (Å²) < 4.78 is 21.9. The molecule has 0 saturated carbocycles. The Labute approximate surface area is 123 Å². The van der Waals surface area contributed by atoms with E-state index in [1.54, 1.807) is 48.6 Å². The van der Waals surface area contributed by atoms with Gasteiger partial charge < -0.3 is 15.2 Å². The summed E-state index contributed by atoms with van der Waals surface area (Å²) in [7, 11) is 0. The number of fused-ring (bicyclic) bond motifs is 2. The molecular formula is C14H10AlO6-. The molecule has 0 amide bonds. The average Bonchev–Trinajstić information content (AvgIpc) is 2.47. The number of benzene rings is 1. The van der Waals surface area contributed by atoms with Crippen molar-refractivity contribution in [3.63, 3.8) is 0 Å². The quantitative estimate of drug-likeness (QED) is 0.674. The molecule has 7 heteroatoms. The second-order valence-corrected chi connectivity index (χ2v) is 7.06. The lowest BCUT2D eigenvalue weighted by Gasteiger charge is -2.47.